The van der Waals surface area contributed by atoms with Crippen LogP contribution in [0.4, 0.5) is 0 Å². The zero-order valence-electron chi connectivity index (χ0n) is 10.1. The number of hydrogen-bond acceptors (Lipinski definition) is 2. The maximum atomic E-state index is 4.34. The molecule has 88 valence electrons. The Labute approximate surface area is 101 Å². The number of fused-ring (bicyclic) bond motifs is 1. The monoisotopic (exact) mass is 227 g/mol. The van der Waals surface area contributed by atoms with Gasteiger partial charge in [-0.05, 0) is 37.6 Å². The number of pyridine rings is 1. The van der Waals surface area contributed by atoms with E-state index in [1.807, 2.05) is 12.3 Å². The van der Waals surface area contributed by atoms with E-state index in [0.29, 0.717) is 0 Å². The first kappa shape index (κ1) is 10.5. The highest BCUT2D eigenvalue weighted by Crippen LogP contribution is 2.27. The first-order valence-electron chi connectivity index (χ1n) is 6.14. The maximum absolute atomic E-state index is 4.34. The van der Waals surface area contributed by atoms with Crippen LogP contribution in [0.15, 0.2) is 30.6 Å². The first-order valence-corrected chi connectivity index (χ1v) is 6.14. The van der Waals surface area contributed by atoms with E-state index >= 15 is 0 Å². The van der Waals surface area contributed by atoms with Gasteiger partial charge in [0.25, 0.3) is 0 Å². The highest BCUT2D eigenvalue weighted by Gasteiger charge is 2.12. The molecule has 1 aliphatic heterocycles. The Bertz CT molecular complexity index is 553. The summed E-state index contributed by atoms with van der Waals surface area (Å²) < 4.78 is 0. The fourth-order valence-electron chi connectivity index (χ4n) is 2.45. The highest BCUT2D eigenvalue weighted by atomic mass is 15.1. The molecule has 0 atom stereocenters. The second-order valence-electron chi connectivity index (χ2n) is 4.67. The summed E-state index contributed by atoms with van der Waals surface area (Å²) in [6.45, 7) is 2.29. The van der Waals surface area contributed by atoms with Crippen LogP contribution in [-0.2, 0) is 0 Å². The minimum Gasteiger partial charge on any atom is -0.346 e. The van der Waals surface area contributed by atoms with E-state index in [9.17, 15) is 0 Å². The van der Waals surface area contributed by atoms with E-state index in [-0.39, 0.29) is 0 Å². The van der Waals surface area contributed by atoms with Crippen LogP contribution in [0.2, 0.25) is 0 Å². The Balaban J connectivity index is 2.01. The Morgan fingerprint density at radius 3 is 3.24 bits per heavy atom. The molecule has 0 spiro atoms. The third kappa shape index (κ3) is 1.98. The van der Waals surface area contributed by atoms with Gasteiger partial charge in [-0.15, -0.1) is 0 Å². The van der Waals surface area contributed by atoms with Crippen molar-refractivity contribution in [1.29, 1.82) is 0 Å². The minimum absolute atomic E-state index is 0.987. The summed E-state index contributed by atoms with van der Waals surface area (Å²) in [5, 5.41) is 1.24. The first-order chi connectivity index (χ1) is 8.34. The van der Waals surface area contributed by atoms with Crippen molar-refractivity contribution >= 4 is 16.6 Å². The number of hydrogen-bond donors (Lipinski definition) is 1. The molecule has 2 aromatic heterocycles. The summed E-state index contributed by atoms with van der Waals surface area (Å²) in [6, 6.07) is 4.15. The second-order valence-corrected chi connectivity index (χ2v) is 4.67. The third-order valence-electron chi connectivity index (χ3n) is 3.46. The van der Waals surface area contributed by atoms with Crippen molar-refractivity contribution in [3.63, 3.8) is 0 Å². The van der Waals surface area contributed by atoms with Crippen LogP contribution in [0.25, 0.3) is 16.6 Å². The van der Waals surface area contributed by atoms with E-state index in [0.717, 1.165) is 31.6 Å². The molecule has 0 radical (unpaired) electrons. The largest absolute Gasteiger partial charge is 0.346 e. The number of nitrogens with zero attached hydrogens (tertiary/aromatic N) is 2. The molecule has 1 N–H and O–H groups in total. The second kappa shape index (κ2) is 4.34. The number of aromatic amines is 1. The van der Waals surface area contributed by atoms with E-state index in [4.69, 9.17) is 0 Å². The molecular formula is C14H17N3. The van der Waals surface area contributed by atoms with Gasteiger partial charge in [-0.3, -0.25) is 0 Å². The molecule has 2 aromatic rings. The van der Waals surface area contributed by atoms with Gasteiger partial charge in [-0.1, -0.05) is 6.08 Å². The minimum atomic E-state index is 0.987. The van der Waals surface area contributed by atoms with E-state index in [1.165, 1.54) is 16.5 Å². The lowest BCUT2D eigenvalue weighted by Gasteiger charge is -2.12. The molecular weight excluding hydrogens is 210 g/mol. The molecule has 0 aliphatic carbocycles. The smallest absolute Gasteiger partial charge is 0.137 e. The molecule has 0 amide bonds. The third-order valence-corrected chi connectivity index (χ3v) is 3.46. The molecule has 0 bridgehead atoms. The van der Waals surface area contributed by atoms with Crippen LogP contribution in [0.3, 0.4) is 0 Å². The van der Waals surface area contributed by atoms with E-state index in [1.54, 1.807) is 0 Å². The molecule has 1 aliphatic rings. The molecule has 3 heterocycles. The fourth-order valence-corrected chi connectivity index (χ4v) is 2.45. The Hall–Kier alpha value is -1.61. The van der Waals surface area contributed by atoms with Gasteiger partial charge in [-0.25, -0.2) is 4.98 Å². The topological polar surface area (TPSA) is 31.9 Å². The van der Waals surface area contributed by atoms with Crippen LogP contribution >= 0.6 is 0 Å². The number of nitrogens with one attached hydrogen (secondary N) is 1. The summed E-state index contributed by atoms with van der Waals surface area (Å²) >= 11 is 0. The number of aromatic nitrogens is 2. The molecule has 3 nitrogen and oxygen atoms in total. The molecule has 17 heavy (non-hydrogen) atoms. The Morgan fingerprint density at radius 1 is 1.35 bits per heavy atom. The summed E-state index contributed by atoms with van der Waals surface area (Å²) in [4.78, 5) is 9.98. The van der Waals surface area contributed by atoms with Crippen LogP contribution in [-0.4, -0.2) is 35.0 Å². The molecule has 0 aromatic carbocycles. The molecule has 3 heteroatoms. The molecule has 0 fully saturated rings. The highest BCUT2D eigenvalue weighted by molar-refractivity contribution is 5.90. The predicted octanol–water partition coefficient (Wildman–Crippen LogP) is 2.67. The van der Waals surface area contributed by atoms with Crippen molar-refractivity contribution < 1.29 is 0 Å². The van der Waals surface area contributed by atoms with Crippen molar-refractivity contribution in [3.8, 4) is 0 Å². The quantitative estimate of drug-likeness (QED) is 0.812. The fraction of sp³-hybridized carbons (Fsp3) is 0.357. The number of H-pyrrole nitrogens is 1. The molecule has 0 saturated heterocycles. The summed E-state index contributed by atoms with van der Waals surface area (Å²) in [7, 11) is 2.19. The normalized spacial score (nSPS) is 18.1. The van der Waals surface area contributed by atoms with Gasteiger partial charge in [0.1, 0.15) is 5.65 Å². The predicted molar refractivity (Wildman–Crippen MR) is 70.8 cm³/mol. The molecule has 3 rings (SSSR count). The average molecular weight is 227 g/mol. The summed E-state index contributed by atoms with van der Waals surface area (Å²) in [5.41, 5.74) is 3.76. The molecule has 0 saturated carbocycles. The van der Waals surface area contributed by atoms with Crippen LogP contribution in [0.5, 0.6) is 0 Å². The lowest BCUT2D eigenvalue weighted by Crippen LogP contribution is -2.18. The van der Waals surface area contributed by atoms with Crippen molar-refractivity contribution in [2.45, 2.75) is 12.8 Å². The van der Waals surface area contributed by atoms with Crippen molar-refractivity contribution in [2.75, 3.05) is 20.1 Å². The SMILES string of the molecule is CN1CCC=C(c2c[nH]c3ncccc23)CC1. The lowest BCUT2D eigenvalue weighted by atomic mass is 10.0. The van der Waals surface area contributed by atoms with E-state index < -0.39 is 0 Å². The van der Waals surface area contributed by atoms with Gasteiger partial charge < -0.3 is 9.88 Å². The standard InChI is InChI=1S/C14H17N3/c1-17-8-3-4-11(6-9-17)13-10-16-14-12(13)5-2-7-15-14/h2,4-5,7,10H,3,6,8-9H2,1H3,(H,15,16). The van der Waals surface area contributed by atoms with Gasteiger partial charge in [0, 0.05) is 36.4 Å². The van der Waals surface area contributed by atoms with Gasteiger partial charge in [0.2, 0.25) is 0 Å². The van der Waals surface area contributed by atoms with Gasteiger partial charge in [-0.2, -0.15) is 0 Å². The lowest BCUT2D eigenvalue weighted by molar-refractivity contribution is 0.355. The van der Waals surface area contributed by atoms with Crippen molar-refractivity contribution in [1.82, 2.24) is 14.9 Å². The Kier molecular flexibility index (Phi) is 2.69. The van der Waals surface area contributed by atoms with Gasteiger partial charge >= 0.3 is 0 Å². The number of rotatable bonds is 1. The van der Waals surface area contributed by atoms with Crippen molar-refractivity contribution in [3.05, 3.63) is 36.2 Å². The van der Waals surface area contributed by atoms with E-state index in [2.05, 4.69) is 40.3 Å². The molecule has 0 unspecified atom stereocenters. The summed E-state index contributed by atoms with van der Waals surface area (Å²) in [6.07, 6.45) is 8.56. The van der Waals surface area contributed by atoms with Crippen LogP contribution < -0.4 is 0 Å². The zero-order valence-corrected chi connectivity index (χ0v) is 10.1. The summed E-state index contributed by atoms with van der Waals surface area (Å²) in [5.74, 6) is 0. The Morgan fingerprint density at radius 2 is 2.29 bits per heavy atom. The van der Waals surface area contributed by atoms with Crippen molar-refractivity contribution in [2.24, 2.45) is 0 Å². The average Bonchev–Trinajstić information content (AvgIpc) is 2.66. The van der Waals surface area contributed by atoms with Gasteiger partial charge in [0.15, 0.2) is 0 Å². The van der Waals surface area contributed by atoms with Crippen LogP contribution in [0.1, 0.15) is 18.4 Å². The maximum Gasteiger partial charge on any atom is 0.137 e. The van der Waals surface area contributed by atoms with Crippen LogP contribution in [0, 0.1) is 0 Å². The zero-order chi connectivity index (χ0) is 11.7. The van der Waals surface area contributed by atoms with Gasteiger partial charge in [0.05, 0.1) is 0 Å².